The van der Waals surface area contributed by atoms with Gasteiger partial charge in [0.1, 0.15) is 0 Å². The molecule has 1 N–H and O–H groups in total. The molecule has 0 saturated heterocycles. The molecule has 0 bridgehead atoms. The van der Waals surface area contributed by atoms with Crippen molar-refractivity contribution in [3.05, 3.63) is 83.9 Å². The molecular weight excluding hydrogens is 497 g/mol. The number of halogens is 3. The van der Waals surface area contributed by atoms with E-state index in [1.165, 1.54) is 44.6 Å². The summed E-state index contributed by atoms with van der Waals surface area (Å²) in [5.41, 5.74) is -0.661. The van der Waals surface area contributed by atoms with Crippen LogP contribution in [0.2, 0.25) is 0 Å². The van der Waals surface area contributed by atoms with Crippen LogP contribution in [0, 0.1) is 0 Å². The molecular formula is C25H25F3N2O5S. The predicted molar refractivity (Wildman–Crippen MR) is 129 cm³/mol. The monoisotopic (exact) mass is 522 g/mol. The molecule has 0 radical (unpaired) electrons. The van der Waals surface area contributed by atoms with Gasteiger partial charge in [-0.05, 0) is 36.2 Å². The van der Waals surface area contributed by atoms with E-state index in [-0.39, 0.29) is 23.6 Å². The summed E-state index contributed by atoms with van der Waals surface area (Å²) in [4.78, 5) is 12.6. The third-order valence-corrected chi connectivity index (χ3v) is 7.15. The molecule has 0 saturated carbocycles. The second kappa shape index (κ2) is 11.4. The Morgan fingerprint density at radius 2 is 1.56 bits per heavy atom. The minimum Gasteiger partial charge on any atom is -0.493 e. The number of rotatable bonds is 10. The minimum absolute atomic E-state index is 0.0883. The maximum atomic E-state index is 13.5. The Morgan fingerprint density at radius 1 is 0.917 bits per heavy atom. The number of nitrogens with one attached hydrogen (secondary N) is 1. The van der Waals surface area contributed by atoms with E-state index in [9.17, 15) is 26.4 Å². The standard InChI is InChI=1S/C25H25F3N2O5S/c1-34-22-13-12-19(16-23(22)35-2)36(32,33)30(15-14-18-8-4-3-5-9-18)17-24(31)29-21-11-7-6-10-20(21)25(26,27)28/h3-13,16H,14-15,17H2,1-2H3,(H,29,31). The summed E-state index contributed by atoms with van der Waals surface area (Å²) in [6.07, 6.45) is -4.41. The van der Waals surface area contributed by atoms with Gasteiger partial charge in [0, 0.05) is 12.6 Å². The van der Waals surface area contributed by atoms with Crippen LogP contribution in [0.4, 0.5) is 18.9 Å². The lowest BCUT2D eigenvalue weighted by Gasteiger charge is -2.23. The zero-order chi connectivity index (χ0) is 26.3. The van der Waals surface area contributed by atoms with Gasteiger partial charge in [0.05, 0.1) is 36.9 Å². The van der Waals surface area contributed by atoms with Crippen LogP contribution in [-0.2, 0) is 27.4 Å². The van der Waals surface area contributed by atoms with Gasteiger partial charge in [0.25, 0.3) is 0 Å². The number of anilines is 1. The average molecular weight is 523 g/mol. The Hall–Kier alpha value is -3.57. The van der Waals surface area contributed by atoms with Gasteiger partial charge in [-0.15, -0.1) is 0 Å². The van der Waals surface area contributed by atoms with Gasteiger partial charge in [-0.1, -0.05) is 42.5 Å². The lowest BCUT2D eigenvalue weighted by molar-refractivity contribution is -0.137. The molecule has 3 aromatic rings. The van der Waals surface area contributed by atoms with Gasteiger partial charge in [-0.25, -0.2) is 8.42 Å². The van der Waals surface area contributed by atoms with Crippen molar-refractivity contribution in [2.75, 3.05) is 32.6 Å². The van der Waals surface area contributed by atoms with Crippen LogP contribution in [0.3, 0.4) is 0 Å². The van der Waals surface area contributed by atoms with Gasteiger partial charge in [-0.2, -0.15) is 17.5 Å². The average Bonchev–Trinajstić information content (AvgIpc) is 2.86. The maximum absolute atomic E-state index is 13.5. The molecule has 0 aromatic heterocycles. The maximum Gasteiger partial charge on any atom is 0.418 e. The molecule has 36 heavy (non-hydrogen) atoms. The van der Waals surface area contributed by atoms with Gasteiger partial charge in [0.15, 0.2) is 11.5 Å². The van der Waals surface area contributed by atoms with E-state index in [0.717, 1.165) is 22.0 Å². The largest absolute Gasteiger partial charge is 0.493 e. The molecule has 11 heteroatoms. The zero-order valence-electron chi connectivity index (χ0n) is 19.6. The van der Waals surface area contributed by atoms with E-state index in [0.29, 0.717) is 5.75 Å². The normalized spacial score (nSPS) is 11.8. The van der Waals surface area contributed by atoms with Crippen molar-refractivity contribution in [2.24, 2.45) is 0 Å². The number of benzene rings is 3. The molecule has 0 unspecified atom stereocenters. The second-order valence-corrected chi connectivity index (χ2v) is 9.62. The Kier molecular flexibility index (Phi) is 8.59. The summed E-state index contributed by atoms with van der Waals surface area (Å²) < 4.78 is 78.3. The molecule has 0 spiro atoms. The van der Waals surface area contributed by atoms with Gasteiger partial charge in [0.2, 0.25) is 15.9 Å². The van der Waals surface area contributed by atoms with Gasteiger partial charge in [-0.3, -0.25) is 4.79 Å². The molecule has 0 aliphatic heterocycles. The first-order chi connectivity index (χ1) is 17.1. The van der Waals surface area contributed by atoms with Crippen LogP contribution in [0.5, 0.6) is 11.5 Å². The van der Waals surface area contributed by atoms with Crippen LogP contribution < -0.4 is 14.8 Å². The van der Waals surface area contributed by atoms with Crippen molar-refractivity contribution >= 4 is 21.6 Å². The van der Waals surface area contributed by atoms with Crippen LogP contribution in [0.25, 0.3) is 0 Å². The molecule has 1 amide bonds. The molecule has 3 rings (SSSR count). The third-order valence-electron chi connectivity index (χ3n) is 5.31. The summed E-state index contributed by atoms with van der Waals surface area (Å²) in [6.45, 7) is -0.787. The number of alkyl halides is 3. The fourth-order valence-electron chi connectivity index (χ4n) is 3.50. The van der Waals surface area contributed by atoms with Crippen molar-refractivity contribution in [1.29, 1.82) is 0 Å². The minimum atomic E-state index is -4.69. The molecule has 0 aliphatic rings. The number of carbonyl (C=O) groups is 1. The quantitative estimate of drug-likeness (QED) is 0.421. The topological polar surface area (TPSA) is 84.9 Å². The first-order valence-corrected chi connectivity index (χ1v) is 12.2. The van der Waals surface area contributed by atoms with Crippen molar-refractivity contribution in [1.82, 2.24) is 4.31 Å². The molecule has 3 aromatic carbocycles. The fraction of sp³-hybridized carbons (Fsp3) is 0.240. The molecule has 0 aliphatic carbocycles. The zero-order valence-corrected chi connectivity index (χ0v) is 20.4. The highest BCUT2D eigenvalue weighted by Gasteiger charge is 2.34. The number of ether oxygens (including phenoxy) is 2. The Labute approximate surface area is 207 Å². The fourth-order valence-corrected chi connectivity index (χ4v) is 4.91. The van der Waals surface area contributed by atoms with E-state index in [1.807, 2.05) is 6.07 Å². The third kappa shape index (κ3) is 6.55. The Balaban J connectivity index is 1.91. The van der Waals surface area contributed by atoms with Crippen LogP contribution in [-0.4, -0.2) is 45.9 Å². The van der Waals surface area contributed by atoms with Crippen molar-refractivity contribution in [2.45, 2.75) is 17.5 Å². The predicted octanol–water partition coefficient (Wildman–Crippen LogP) is 4.59. The highest BCUT2D eigenvalue weighted by Crippen LogP contribution is 2.35. The van der Waals surface area contributed by atoms with E-state index in [1.54, 1.807) is 24.3 Å². The smallest absolute Gasteiger partial charge is 0.418 e. The van der Waals surface area contributed by atoms with Crippen molar-refractivity contribution in [3.63, 3.8) is 0 Å². The summed E-state index contributed by atoms with van der Waals surface area (Å²) >= 11 is 0. The van der Waals surface area contributed by atoms with E-state index in [2.05, 4.69) is 5.32 Å². The van der Waals surface area contributed by atoms with Crippen LogP contribution in [0.1, 0.15) is 11.1 Å². The van der Waals surface area contributed by atoms with Crippen molar-refractivity contribution < 1.29 is 35.9 Å². The van der Waals surface area contributed by atoms with Crippen molar-refractivity contribution in [3.8, 4) is 11.5 Å². The van der Waals surface area contributed by atoms with E-state index >= 15 is 0 Å². The number of methoxy groups -OCH3 is 2. The van der Waals surface area contributed by atoms with E-state index in [4.69, 9.17) is 9.47 Å². The number of nitrogens with zero attached hydrogens (tertiary/aromatic N) is 1. The van der Waals surface area contributed by atoms with Gasteiger partial charge < -0.3 is 14.8 Å². The molecule has 192 valence electrons. The molecule has 0 fully saturated rings. The summed E-state index contributed by atoms with van der Waals surface area (Å²) in [7, 11) is -1.48. The number of para-hydroxylation sites is 1. The number of hydrogen-bond donors (Lipinski definition) is 1. The highest BCUT2D eigenvalue weighted by molar-refractivity contribution is 7.89. The summed E-state index contributed by atoms with van der Waals surface area (Å²) in [5, 5.41) is 2.20. The highest BCUT2D eigenvalue weighted by atomic mass is 32.2. The van der Waals surface area contributed by atoms with Crippen LogP contribution >= 0.6 is 0 Å². The number of amides is 1. The molecule has 0 heterocycles. The number of carbonyl (C=O) groups excluding carboxylic acids is 1. The van der Waals surface area contributed by atoms with Crippen LogP contribution in [0.15, 0.2) is 77.7 Å². The SMILES string of the molecule is COc1ccc(S(=O)(=O)N(CCc2ccccc2)CC(=O)Nc2ccccc2C(F)(F)F)cc1OC. The first-order valence-electron chi connectivity index (χ1n) is 10.8. The molecule has 7 nitrogen and oxygen atoms in total. The van der Waals surface area contributed by atoms with Gasteiger partial charge >= 0.3 is 6.18 Å². The number of sulfonamides is 1. The Bertz CT molecular complexity index is 1300. The van der Waals surface area contributed by atoms with E-state index < -0.39 is 39.9 Å². The first kappa shape index (κ1) is 27.0. The lowest BCUT2D eigenvalue weighted by Crippen LogP contribution is -2.39. The second-order valence-electron chi connectivity index (χ2n) is 7.68. The summed E-state index contributed by atoms with van der Waals surface area (Å²) in [5.74, 6) is -0.428. The molecule has 0 atom stereocenters. The number of hydrogen-bond acceptors (Lipinski definition) is 5. The summed E-state index contributed by atoms with van der Waals surface area (Å²) in [6, 6.07) is 17.5. The lowest BCUT2D eigenvalue weighted by atomic mass is 10.1. The Morgan fingerprint density at radius 3 is 2.19 bits per heavy atom.